The number of hydrogen-bond acceptors (Lipinski definition) is 5. The van der Waals surface area contributed by atoms with Gasteiger partial charge in [-0.1, -0.05) is 12.1 Å². The first-order chi connectivity index (χ1) is 9.20. The van der Waals surface area contributed by atoms with Gasteiger partial charge in [0.1, 0.15) is 0 Å². The van der Waals surface area contributed by atoms with Gasteiger partial charge in [-0.05, 0) is 19.1 Å². The Hall–Kier alpha value is -1.30. The van der Waals surface area contributed by atoms with Crippen LogP contribution in [0.2, 0.25) is 0 Å². The van der Waals surface area contributed by atoms with E-state index in [2.05, 4.69) is 21.4 Å². The molecule has 1 unspecified atom stereocenters. The van der Waals surface area contributed by atoms with E-state index in [-0.39, 0.29) is 6.04 Å². The molecule has 0 amide bonds. The average molecular weight is 289 g/mol. The van der Waals surface area contributed by atoms with E-state index in [0.29, 0.717) is 0 Å². The highest BCUT2D eigenvalue weighted by atomic mass is 32.1. The molecule has 3 rings (SSSR count). The van der Waals surface area contributed by atoms with Crippen LogP contribution in [-0.2, 0) is 12.8 Å². The normalized spacial score (nSPS) is 12.9. The molecule has 0 aliphatic heterocycles. The number of aryl methyl sites for hydroxylation is 1. The minimum absolute atomic E-state index is 0.0890. The first-order valence-electron chi connectivity index (χ1n) is 6.22. The zero-order valence-corrected chi connectivity index (χ0v) is 12.3. The van der Waals surface area contributed by atoms with E-state index in [1.54, 1.807) is 22.7 Å². The van der Waals surface area contributed by atoms with Gasteiger partial charge in [-0.15, -0.1) is 22.7 Å². The Labute approximate surface area is 120 Å². The Morgan fingerprint density at radius 3 is 2.68 bits per heavy atom. The summed E-state index contributed by atoms with van der Waals surface area (Å²) in [4.78, 5) is 9.08. The zero-order valence-electron chi connectivity index (χ0n) is 10.7. The van der Waals surface area contributed by atoms with Crippen molar-refractivity contribution in [2.75, 3.05) is 0 Å². The molecule has 0 saturated heterocycles. The lowest BCUT2D eigenvalue weighted by Gasteiger charge is -2.06. The quantitative estimate of drug-likeness (QED) is 0.802. The second kappa shape index (κ2) is 5.36. The number of benzene rings is 1. The molecule has 1 atom stereocenters. The standard InChI is InChI=1S/C14H15N3S2/c1-9-8-18-13(16-9)6-10(15)7-14-17-11-4-2-3-5-12(11)19-14/h2-5,8,10H,6-7,15H2,1H3. The van der Waals surface area contributed by atoms with Crippen molar-refractivity contribution in [3.8, 4) is 0 Å². The van der Waals surface area contributed by atoms with Gasteiger partial charge in [-0.3, -0.25) is 0 Å². The fourth-order valence-electron chi connectivity index (χ4n) is 2.02. The van der Waals surface area contributed by atoms with E-state index >= 15 is 0 Å². The van der Waals surface area contributed by atoms with Crippen LogP contribution < -0.4 is 5.73 Å². The molecule has 0 aliphatic carbocycles. The molecule has 0 aliphatic rings. The van der Waals surface area contributed by atoms with Crippen molar-refractivity contribution in [2.24, 2.45) is 5.73 Å². The van der Waals surface area contributed by atoms with Crippen LogP contribution in [0, 0.1) is 6.92 Å². The molecule has 0 spiro atoms. The largest absolute Gasteiger partial charge is 0.327 e. The first kappa shape index (κ1) is 12.7. The minimum atomic E-state index is 0.0890. The fraction of sp³-hybridized carbons (Fsp3) is 0.286. The third-order valence-electron chi connectivity index (χ3n) is 2.88. The number of thiazole rings is 2. The van der Waals surface area contributed by atoms with Gasteiger partial charge in [0.2, 0.25) is 0 Å². The zero-order chi connectivity index (χ0) is 13.2. The van der Waals surface area contributed by atoms with Crippen LogP contribution in [0.5, 0.6) is 0 Å². The molecule has 3 nitrogen and oxygen atoms in total. The van der Waals surface area contributed by atoms with Crippen molar-refractivity contribution >= 4 is 32.9 Å². The lowest BCUT2D eigenvalue weighted by molar-refractivity contribution is 0.660. The third kappa shape index (κ3) is 3.00. The molecule has 2 heterocycles. The molecular weight excluding hydrogens is 274 g/mol. The SMILES string of the molecule is Cc1csc(CC(N)Cc2nc3ccccc3s2)n1. The Kier molecular flexibility index (Phi) is 3.59. The summed E-state index contributed by atoms with van der Waals surface area (Å²) >= 11 is 3.42. The van der Waals surface area contributed by atoms with E-state index in [1.165, 1.54) is 4.70 Å². The number of nitrogens with zero attached hydrogens (tertiary/aromatic N) is 2. The highest BCUT2D eigenvalue weighted by Gasteiger charge is 2.11. The Balaban J connectivity index is 1.70. The molecule has 3 aromatic rings. The van der Waals surface area contributed by atoms with Crippen molar-refractivity contribution < 1.29 is 0 Å². The van der Waals surface area contributed by atoms with Gasteiger partial charge < -0.3 is 5.73 Å². The Bertz CT molecular complexity index is 654. The number of para-hydroxylation sites is 1. The van der Waals surface area contributed by atoms with Crippen molar-refractivity contribution in [1.29, 1.82) is 0 Å². The molecule has 2 aromatic heterocycles. The number of hydrogen-bond donors (Lipinski definition) is 1. The van der Waals surface area contributed by atoms with E-state index < -0.39 is 0 Å². The molecule has 5 heteroatoms. The summed E-state index contributed by atoms with van der Waals surface area (Å²) < 4.78 is 1.23. The highest BCUT2D eigenvalue weighted by Crippen LogP contribution is 2.23. The van der Waals surface area contributed by atoms with Gasteiger partial charge in [0.05, 0.1) is 20.2 Å². The predicted molar refractivity (Wildman–Crippen MR) is 81.9 cm³/mol. The molecule has 1 aromatic carbocycles. The maximum absolute atomic E-state index is 6.20. The van der Waals surface area contributed by atoms with Gasteiger partial charge in [0, 0.05) is 30.0 Å². The van der Waals surface area contributed by atoms with Gasteiger partial charge in [0.15, 0.2) is 0 Å². The van der Waals surface area contributed by atoms with E-state index in [4.69, 9.17) is 5.73 Å². The minimum Gasteiger partial charge on any atom is -0.327 e. The Morgan fingerprint density at radius 2 is 1.95 bits per heavy atom. The van der Waals surface area contributed by atoms with Crippen LogP contribution in [0.3, 0.4) is 0 Å². The smallest absolute Gasteiger partial charge is 0.0954 e. The maximum atomic E-state index is 6.20. The highest BCUT2D eigenvalue weighted by molar-refractivity contribution is 7.18. The van der Waals surface area contributed by atoms with E-state index in [0.717, 1.165) is 34.1 Å². The molecule has 98 valence electrons. The van der Waals surface area contributed by atoms with Crippen LogP contribution >= 0.6 is 22.7 Å². The molecule has 2 N–H and O–H groups in total. The molecule has 0 saturated carbocycles. The predicted octanol–water partition coefficient (Wildman–Crippen LogP) is 3.17. The topological polar surface area (TPSA) is 51.8 Å². The maximum Gasteiger partial charge on any atom is 0.0954 e. The van der Waals surface area contributed by atoms with Gasteiger partial charge in [-0.2, -0.15) is 0 Å². The van der Waals surface area contributed by atoms with Crippen molar-refractivity contribution in [2.45, 2.75) is 25.8 Å². The van der Waals surface area contributed by atoms with Crippen LogP contribution in [-0.4, -0.2) is 16.0 Å². The summed E-state index contributed by atoms with van der Waals surface area (Å²) in [6, 6.07) is 8.30. The number of nitrogens with two attached hydrogens (primary N) is 1. The number of fused-ring (bicyclic) bond motifs is 1. The summed E-state index contributed by atoms with van der Waals surface area (Å²) in [6.45, 7) is 2.01. The van der Waals surface area contributed by atoms with Gasteiger partial charge >= 0.3 is 0 Å². The van der Waals surface area contributed by atoms with Crippen LogP contribution in [0.4, 0.5) is 0 Å². The molecule has 0 radical (unpaired) electrons. The van der Waals surface area contributed by atoms with Gasteiger partial charge in [-0.25, -0.2) is 9.97 Å². The second-order valence-corrected chi connectivity index (χ2v) is 6.68. The average Bonchev–Trinajstić information content (AvgIpc) is 2.94. The van der Waals surface area contributed by atoms with Crippen molar-refractivity contribution in [3.05, 3.63) is 45.4 Å². The molecule has 0 fully saturated rings. The second-order valence-electron chi connectivity index (χ2n) is 4.63. The first-order valence-corrected chi connectivity index (χ1v) is 7.91. The molecule has 0 bridgehead atoms. The number of rotatable bonds is 4. The van der Waals surface area contributed by atoms with Crippen molar-refractivity contribution in [1.82, 2.24) is 9.97 Å². The van der Waals surface area contributed by atoms with Gasteiger partial charge in [0.25, 0.3) is 0 Å². The monoisotopic (exact) mass is 289 g/mol. The van der Waals surface area contributed by atoms with Crippen LogP contribution in [0.1, 0.15) is 15.7 Å². The lowest BCUT2D eigenvalue weighted by atomic mass is 10.1. The summed E-state index contributed by atoms with van der Waals surface area (Å²) in [5.41, 5.74) is 8.35. The van der Waals surface area contributed by atoms with Crippen molar-refractivity contribution in [3.63, 3.8) is 0 Å². The third-order valence-corrected chi connectivity index (χ3v) is 4.93. The molecule has 19 heavy (non-hydrogen) atoms. The fourth-order valence-corrected chi connectivity index (χ4v) is 3.95. The summed E-state index contributed by atoms with van der Waals surface area (Å²) in [7, 11) is 0. The van der Waals surface area contributed by atoms with E-state index in [9.17, 15) is 0 Å². The summed E-state index contributed by atoms with van der Waals surface area (Å²) in [6.07, 6.45) is 1.65. The number of aromatic nitrogens is 2. The lowest BCUT2D eigenvalue weighted by Crippen LogP contribution is -2.25. The van der Waals surface area contributed by atoms with Crippen LogP contribution in [0.25, 0.3) is 10.2 Å². The molecular formula is C14H15N3S2. The summed E-state index contributed by atoms with van der Waals surface area (Å²) in [5.74, 6) is 0. The van der Waals surface area contributed by atoms with E-state index in [1.807, 2.05) is 25.1 Å². The summed E-state index contributed by atoms with van der Waals surface area (Å²) in [5, 5.41) is 4.30. The van der Waals surface area contributed by atoms with Crippen LogP contribution in [0.15, 0.2) is 29.6 Å². The Morgan fingerprint density at radius 1 is 1.16 bits per heavy atom.